The SMILES string of the molecule is O=C(NCC1(C(F)(F)F)CCC1)c1occ2c1CCC2. The monoisotopic (exact) mass is 287 g/mol. The van der Waals surface area contributed by atoms with Crippen LogP contribution < -0.4 is 5.32 Å². The first kappa shape index (κ1) is 13.5. The largest absolute Gasteiger partial charge is 0.459 e. The van der Waals surface area contributed by atoms with Crippen LogP contribution in [0.5, 0.6) is 0 Å². The van der Waals surface area contributed by atoms with Crippen LogP contribution in [0.3, 0.4) is 0 Å². The van der Waals surface area contributed by atoms with E-state index in [1.807, 2.05) is 0 Å². The standard InChI is InChI=1S/C14H16F3NO2/c15-14(16,17)13(5-2-6-13)8-18-12(19)11-10-4-1-3-9(10)7-20-11/h7H,1-6,8H2,(H,18,19). The molecule has 6 heteroatoms. The number of hydrogen-bond acceptors (Lipinski definition) is 2. The average molecular weight is 287 g/mol. The first-order chi connectivity index (χ1) is 9.43. The molecule has 0 unspecified atom stereocenters. The van der Waals surface area contributed by atoms with E-state index >= 15 is 0 Å². The summed E-state index contributed by atoms with van der Waals surface area (Å²) in [4.78, 5) is 12.0. The Balaban J connectivity index is 1.68. The van der Waals surface area contributed by atoms with Crippen molar-refractivity contribution in [3.05, 3.63) is 23.2 Å². The van der Waals surface area contributed by atoms with Gasteiger partial charge in [-0.2, -0.15) is 13.2 Å². The lowest BCUT2D eigenvalue weighted by atomic mass is 9.68. The molecule has 0 bridgehead atoms. The topological polar surface area (TPSA) is 42.2 Å². The van der Waals surface area contributed by atoms with Crippen LogP contribution >= 0.6 is 0 Å². The summed E-state index contributed by atoms with van der Waals surface area (Å²) < 4.78 is 44.2. The number of rotatable bonds is 3. The number of alkyl halides is 3. The number of fused-ring (bicyclic) bond motifs is 1. The molecule has 0 aromatic carbocycles. The summed E-state index contributed by atoms with van der Waals surface area (Å²) in [5.74, 6) is -0.335. The van der Waals surface area contributed by atoms with Gasteiger partial charge in [0.25, 0.3) is 5.91 Å². The van der Waals surface area contributed by atoms with Gasteiger partial charge in [-0.15, -0.1) is 0 Å². The van der Waals surface area contributed by atoms with Gasteiger partial charge >= 0.3 is 6.18 Å². The Kier molecular flexibility index (Phi) is 3.06. The van der Waals surface area contributed by atoms with E-state index in [0.29, 0.717) is 6.42 Å². The predicted octanol–water partition coefficient (Wildman–Crippen LogP) is 3.23. The summed E-state index contributed by atoms with van der Waals surface area (Å²) in [5.41, 5.74) is 0.125. The lowest BCUT2D eigenvalue weighted by molar-refractivity contribution is -0.247. The van der Waals surface area contributed by atoms with Crippen LogP contribution in [-0.2, 0) is 12.8 Å². The van der Waals surface area contributed by atoms with E-state index in [9.17, 15) is 18.0 Å². The Hall–Kier alpha value is -1.46. The van der Waals surface area contributed by atoms with E-state index in [0.717, 1.165) is 30.4 Å². The molecule has 1 saturated carbocycles. The molecule has 2 aliphatic rings. The quantitative estimate of drug-likeness (QED) is 0.927. The molecule has 3 nitrogen and oxygen atoms in total. The Labute approximate surface area is 114 Å². The van der Waals surface area contributed by atoms with Crippen molar-refractivity contribution in [3.8, 4) is 0 Å². The highest BCUT2D eigenvalue weighted by atomic mass is 19.4. The minimum atomic E-state index is -4.26. The number of halogens is 3. The molecule has 0 saturated heterocycles. The summed E-state index contributed by atoms with van der Waals surface area (Å²) in [6.07, 6.45) is 0.626. The van der Waals surface area contributed by atoms with E-state index < -0.39 is 17.5 Å². The summed E-state index contributed by atoms with van der Waals surface area (Å²) in [6.45, 7) is -0.356. The van der Waals surface area contributed by atoms with E-state index in [1.54, 1.807) is 6.26 Å². The number of carbonyl (C=O) groups excluding carboxylic acids is 1. The van der Waals surface area contributed by atoms with Crippen molar-refractivity contribution in [2.45, 2.75) is 44.7 Å². The fraction of sp³-hybridized carbons (Fsp3) is 0.643. The maximum atomic E-state index is 13.0. The predicted molar refractivity (Wildman–Crippen MR) is 65.4 cm³/mol. The molecule has 1 amide bonds. The third-order valence-electron chi connectivity index (χ3n) is 4.56. The van der Waals surface area contributed by atoms with Gasteiger partial charge in [-0.25, -0.2) is 0 Å². The highest BCUT2D eigenvalue weighted by Gasteiger charge is 2.58. The average Bonchev–Trinajstić information content (AvgIpc) is 2.85. The second-order valence-corrected chi connectivity index (χ2v) is 5.74. The minimum absolute atomic E-state index is 0.0903. The number of amides is 1. The van der Waals surface area contributed by atoms with Crippen LogP contribution in [0.1, 0.15) is 47.4 Å². The molecule has 20 heavy (non-hydrogen) atoms. The molecule has 2 aliphatic carbocycles. The second kappa shape index (κ2) is 4.53. The van der Waals surface area contributed by atoms with Crippen LogP contribution in [0.25, 0.3) is 0 Å². The second-order valence-electron chi connectivity index (χ2n) is 5.74. The number of carbonyl (C=O) groups is 1. The Morgan fingerprint density at radius 3 is 2.65 bits per heavy atom. The van der Waals surface area contributed by atoms with Gasteiger partial charge < -0.3 is 9.73 Å². The van der Waals surface area contributed by atoms with E-state index in [2.05, 4.69) is 5.32 Å². The molecular weight excluding hydrogens is 271 g/mol. The number of furan rings is 1. The van der Waals surface area contributed by atoms with Gasteiger partial charge in [-0.3, -0.25) is 4.79 Å². The zero-order chi connectivity index (χ0) is 14.4. The van der Waals surface area contributed by atoms with Gasteiger partial charge in [0, 0.05) is 12.1 Å². The maximum Gasteiger partial charge on any atom is 0.396 e. The first-order valence-electron chi connectivity index (χ1n) is 6.87. The summed E-state index contributed by atoms with van der Waals surface area (Å²) in [7, 11) is 0. The highest BCUT2D eigenvalue weighted by molar-refractivity contribution is 5.93. The maximum absolute atomic E-state index is 13.0. The van der Waals surface area contributed by atoms with E-state index in [-0.39, 0.29) is 25.1 Å². The molecule has 0 atom stereocenters. The molecule has 0 radical (unpaired) electrons. The molecule has 1 N–H and O–H groups in total. The summed E-state index contributed by atoms with van der Waals surface area (Å²) in [5, 5.41) is 2.41. The number of aryl methyl sites for hydroxylation is 1. The van der Waals surface area contributed by atoms with Crippen LogP contribution in [-0.4, -0.2) is 18.6 Å². The fourth-order valence-corrected chi connectivity index (χ4v) is 3.04. The normalized spacial score (nSPS) is 20.4. The van der Waals surface area contributed by atoms with Gasteiger partial charge in [0.15, 0.2) is 5.76 Å². The van der Waals surface area contributed by atoms with Crippen LogP contribution in [0, 0.1) is 5.41 Å². The van der Waals surface area contributed by atoms with Crippen LogP contribution in [0.2, 0.25) is 0 Å². The molecule has 0 spiro atoms. The lowest BCUT2D eigenvalue weighted by Crippen LogP contribution is -2.51. The fourth-order valence-electron chi connectivity index (χ4n) is 3.04. The first-order valence-corrected chi connectivity index (χ1v) is 6.87. The molecule has 3 rings (SSSR count). The van der Waals surface area contributed by atoms with Gasteiger partial charge in [0.2, 0.25) is 0 Å². The number of hydrogen-bond donors (Lipinski definition) is 1. The molecule has 110 valence electrons. The summed E-state index contributed by atoms with van der Waals surface area (Å²) in [6, 6.07) is 0. The minimum Gasteiger partial charge on any atom is -0.459 e. The molecular formula is C14H16F3NO2. The van der Waals surface area contributed by atoms with Crippen LogP contribution in [0.4, 0.5) is 13.2 Å². The van der Waals surface area contributed by atoms with Gasteiger partial charge in [0.05, 0.1) is 11.7 Å². The Morgan fingerprint density at radius 1 is 1.30 bits per heavy atom. The van der Waals surface area contributed by atoms with E-state index in [1.165, 1.54) is 0 Å². The highest BCUT2D eigenvalue weighted by Crippen LogP contribution is 2.52. The van der Waals surface area contributed by atoms with Crippen molar-refractivity contribution in [2.75, 3.05) is 6.54 Å². The third kappa shape index (κ3) is 2.01. The zero-order valence-electron chi connectivity index (χ0n) is 11.0. The van der Waals surface area contributed by atoms with Gasteiger partial charge in [-0.1, -0.05) is 6.42 Å². The Bertz CT molecular complexity index is 529. The van der Waals surface area contributed by atoms with Gasteiger partial charge in [0.1, 0.15) is 0 Å². The summed E-state index contributed by atoms with van der Waals surface area (Å²) >= 11 is 0. The number of nitrogens with one attached hydrogen (secondary N) is 1. The van der Waals surface area contributed by atoms with Crippen LogP contribution in [0.15, 0.2) is 10.7 Å². The molecule has 0 aliphatic heterocycles. The van der Waals surface area contributed by atoms with Crippen molar-refractivity contribution in [2.24, 2.45) is 5.41 Å². The third-order valence-corrected chi connectivity index (χ3v) is 4.56. The smallest absolute Gasteiger partial charge is 0.396 e. The zero-order valence-corrected chi connectivity index (χ0v) is 11.0. The molecule has 1 fully saturated rings. The molecule has 1 aromatic heterocycles. The lowest BCUT2D eigenvalue weighted by Gasteiger charge is -2.43. The van der Waals surface area contributed by atoms with Gasteiger partial charge in [-0.05, 0) is 37.7 Å². The van der Waals surface area contributed by atoms with Crippen molar-refractivity contribution in [1.82, 2.24) is 5.32 Å². The van der Waals surface area contributed by atoms with E-state index in [4.69, 9.17) is 4.42 Å². The molecule has 1 heterocycles. The van der Waals surface area contributed by atoms with Crippen molar-refractivity contribution in [1.29, 1.82) is 0 Å². The van der Waals surface area contributed by atoms with Crippen molar-refractivity contribution < 1.29 is 22.4 Å². The van der Waals surface area contributed by atoms with Crippen molar-refractivity contribution >= 4 is 5.91 Å². The Morgan fingerprint density at radius 2 is 2.05 bits per heavy atom. The molecule has 1 aromatic rings. The van der Waals surface area contributed by atoms with Crippen molar-refractivity contribution in [3.63, 3.8) is 0 Å².